The molecule has 2 amide bonds. The number of nitrogens with one attached hydrogen (secondary N) is 1. The van der Waals surface area contributed by atoms with Crippen molar-refractivity contribution in [3.05, 3.63) is 59.2 Å². The molecule has 3 aromatic rings. The molecule has 0 radical (unpaired) electrons. The van der Waals surface area contributed by atoms with E-state index >= 15 is 0 Å². The molecule has 0 spiro atoms. The first-order valence-corrected chi connectivity index (χ1v) is 21.6. The summed E-state index contributed by atoms with van der Waals surface area (Å²) in [5.41, 5.74) is 2.38. The first-order chi connectivity index (χ1) is 28.5. The molecule has 0 unspecified atom stereocenters. The van der Waals surface area contributed by atoms with Gasteiger partial charge >= 0.3 is 53.8 Å². The predicted molar refractivity (Wildman–Crippen MR) is 231 cm³/mol. The van der Waals surface area contributed by atoms with E-state index < -0.39 is 11.2 Å². The number of aromatic nitrogens is 6. The third-order valence-electron chi connectivity index (χ3n) is 9.46. The number of hydrogen-bond donors (Lipinski definition) is 2. The van der Waals surface area contributed by atoms with Crippen molar-refractivity contribution in [2.75, 3.05) is 39.5 Å². The molecule has 3 aliphatic heterocycles. The SMILES string of the molecule is CC(C)(C)OC(=O)N1CCC[C@H]1CO.CCc1cnc(Cl)nc1.CCc1cnc(OC[C@@H]2CCCN2)nc1.CCc1cnc(OC[C@@H]2CCCN2C(=O)OC(C)(C)C)nc1.[H-].[Na+]. The van der Waals surface area contributed by atoms with E-state index in [4.69, 9.17) is 35.7 Å². The second kappa shape index (κ2) is 27.6. The van der Waals surface area contributed by atoms with Crippen molar-refractivity contribution in [2.24, 2.45) is 0 Å². The van der Waals surface area contributed by atoms with Gasteiger partial charge in [-0.25, -0.2) is 39.5 Å². The summed E-state index contributed by atoms with van der Waals surface area (Å²) in [5.74, 6) is 0. The van der Waals surface area contributed by atoms with Crippen LogP contribution in [0.15, 0.2) is 37.2 Å². The molecule has 3 aromatic heterocycles. The minimum absolute atomic E-state index is 0. The standard InChI is InChI=1S/C16H25N3O3.C11H17N3O.C10H19NO3.C6H7ClN2.Na.H/c1-5-12-9-17-14(18-10-12)21-11-13-7-6-8-19(13)15(20)22-16(2,3)4;1-2-9-6-13-11(14-7-9)15-8-10-4-3-5-12-10;1-10(2,3)14-9(13)11-6-4-5-8(11)7-12;1-2-5-3-8-6(7)9-4-5;;/h9-10,13H,5-8,11H2,1-4H3;6-7,10,12H,2-5,8H2,1H3;8,12H,4-7H2,1-3H3;3-4H,2H2,1H3;;/q;;;;+1;-1/t13-;10-;8-;;;/m000.../s1. The van der Waals surface area contributed by atoms with Crippen LogP contribution in [0.4, 0.5) is 9.59 Å². The number of rotatable bonds is 10. The van der Waals surface area contributed by atoms with Gasteiger partial charge in [-0.2, -0.15) is 0 Å². The van der Waals surface area contributed by atoms with Crippen molar-refractivity contribution in [1.29, 1.82) is 0 Å². The molecule has 6 heterocycles. The summed E-state index contributed by atoms with van der Waals surface area (Å²) in [5, 5.41) is 12.7. The molecule has 0 saturated carbocycles. The number of hydrogen-bond acceptors (Lipinski definition) is 14. The molecule has 0 aromatic carbocycles. The summed E-state index contributed by atoms with van der Waals surface area (Å²) in [6.45, 7) is 20.9. The first kappa shape index (κ1) is 53.7. The van der Waals surface area contributed by atoms with Gasteiger partial charge in [0.15, 0.2) is 0 Å². The molecule has 336 valence electrons. The van der Waals surface area contributed by atoms with Crippen molar-refractivity contribution in [2.45, 2.75) is 149 Å². The number of carbonyl (C=O) groups excluding carboxylic acids is 2. The third-order valence-corrected chi connectivity index (χ3v) is 9.66. The maximum Gasteiger partial charge on any atom is 1.00 e. The van der Waals surface area contributed by atoms with Crippen molar-refractivity contribution >= 4 is 23.8 Å². The number of aliphatic hydroxyl groups excluding tert-OH is 1. The van der Waals surface area contributed by atoms with Gasteiger partial charge < -0.3 is 40.6 Å². The number of carbonyl (C=O) groups is 2. The molecular weight excluding hydrogens is 813 g/mol. The average Bonchev–Trinajstić information content (AvgIpc) is 4.03. The van der Waals surface area contributed by atoms with E-state index in [0.717, 1.165) is 68.2 Å². The Balaban J connectivity index is 0.000000427. The molecule has 18 heteroatoms. The normalized spacial score (nSPS) is 18.2. The van der Waals surface area contributed by atoms with Crippen LogP contribution < -0.4 is 44.3 Å². The first-order valence-electron chi connectivity index (χ1n) is 21.2. The minimum Gasteiger partial charge on any atom is -1.00 e. The fourth-order valence-electron chi connectivity index (χ4n) is 6.12. The molecule has 3 saturated heterocycles. The zero-order chi connectivity index (χ0) is 44.1. The second-order valence-electron chi connectivity index (χ2n) is 16.7. The molecule has 6 rings (SSSR count). The summed E-state index contributed by atoms with van der Waals surface area (Å²) in [7, 11) is 0. The Labute approximate surface area is 391 Å². The van der Waals surface area contributed by atoms with Crippen molar-refractivity contribution < 1.29 is 64.6 Å². The van der Waals surface area contributed by atoms with Crippen LogP contribution in [-0.2, 0) is 28.7 Å². The van der Waals surface area contributed by atoms with Gasteiger partial charge in [-0.05, 0) is 134 Å². The summed E-state index contributed by atoms with van der Waals surface area (Å²) < 4.78 is 21.8. The van der Waals surface area contributed by atoms with E-state index in [1.54, 1.807) is 34.6 Å². The van der Waals surface area contributed by atoms with Gasteiger partial charge in [0.2, 0.25) is 5.28 Å². The molecular formula is C43H69ClN9NaO7. The van der Waals surface area contributed by atoms with Gasteiger partial charge in [-0.1, -0.05) is 20.8 Å². The van der Waals surface area contributed by atoms with Crippen LogP contribution >= 0.6 is 11.6 Å². The maximum absolute atomic E-state index is 12.2. The van der Waals surface area contributed by atoms with E-state index in [-0.39, 0.29) is 61.9 Å². The van der Waals surface area contributed by atoms with Crippen molar-refractivity contribution in [3.8, 4) is 12.0 Å². The van der Waals surface area contributed by atoms with Gasteiger partial charge in [-0.15, -0.1) is 0 Å². The van der Waals surface area contributed by atoms with Gasteiger partial charge in [0, 0.05) is 56.3 Å². The smallest absolute Gasteiger partial charge is 1.00 e. The Bertz CT molecular complexity index is 1680. The molecule has 61 heavy (non-hydrogen) atoms. The number of aliphatic hydroxyl groups is 1. The number of aryl methyl sites for hydroxylation is 3. The Morgan fingerprint density at radius 2 is 1.10 bits per heavy atom. The largest absolute Gasteiger partial charge is 1.00 e. The fourth-order valence-corrected chi connectivity index (χ4v) is 6.22. The molecule has 16 nitrogen and oxygen atoms in total. The molecule has 0 aliphatic carbocycles. The van der Waals surface area contributed by atoms with Crippen LogP contribution in [0.5, 0.6) is 12.0 Å². The monoisotopic (exact) mass is 881 g/mol. The number of nitrogens with zero attached hydrogens (tertiary/aromatic N) is 8. The predicted octanol–water partition coefficient (Wildman–Crippen LogP) is 4.17. The Kier molecular flexibility index (Phi) is 24.3. The molecule has 3 aliphatic rings. The quantitative estimate of drug-likeness (QED) is 0.218. The topological polar surface area (TPSA) is 187 Å². The minimum atomic E-state index is -0.482. The Hall–Kier alpha value is -3.41. The van der Waals surface area contributed by atoms with Gasteiger partial charge in [0.1, 0.15) is 24.4 Å². The maximum atomic E-state index is 12.2. The molecule has 3 fully saturated rings. The third kappa shape index (κ3) is 21.0. The van der Waals surface area contributed by atoms with Crippen LogP contribution in [0, 0.1) is 0 Å². The van der Waals surface area contributed by atoms with E-state index in [1.165, 1.54) is 12.8 Å². The van der Waals surface area contributed by atoms with Crippen LogP contribution in [0.25, 0.3) is 0 Å². The number of halogens is 1. The molecule has 2 N–H and O–H groups in total. The van der Waals surface area contributed by atoms with E-state index in [2.05, 4.69) is 49.1 Å². The van der Waals surface area contributed by atoms with E-state index in [1.807, 2.05) is 60.9 Å². The zero-order valence-electron chi connectivity index (χ0n) is 39.2. The average molecular weight is 883 g/mol. The Morgan fingerprint density at radius 3 is 1.49 bits per heavy atom. The number of ether oxygens (including phenoxy) is 4. The van der Waals surface area contributed by atoms with Crippen LogP contribution in [0.3, 0.4) is 0 Å². The summed E-state index contributed by atoms with van der Waals surface area (Å²) in [6, 6.07) is 1.28. The van der Waals surface area contributed by atoms with Gasteiger partial charge in [0.05, 0.1) is 18.7 Å². The van der Waals surface area contributed by atoms with E-state index in [0.29, 0.717) is 49.6 Å². The van der Waals surface area contributed by atoms with Crippen LogP contribution in [0.2, 0.25) is 5.28 Å². The summed E-state index contributed by atoms with van der Waals surface area (Å²) in [6.07, 6.45) is 19.0. The van der Waals surface area contributed by atoms with Crippen molar-refractivity contribution in [3.63, 3.8) is 0 Å². The fraction of sp³-hybridized carbons (Fsp3) is 0.674. The van der Waals surface area contributed by atoms with Gasteiger partial charge in [0.25, 0.3) is 0 Å². The molecule has 3 atom stereocenters. The number of likely N-dealkylation sites (tertiary alicyclic amines) is 2. The molecule has 0 bridgehead atoms. The number of amides is 2. The summed E-state index contributed by atoms with van der Waals surface area (Å²) >= 11 is 5.45. The zero-order valence-corrected chi connectivity index (χ0v) is 40.9. The van der Waals surface area contributed by atoms with E-state index in [9.17, 15) is 9.59 Å². The Morgan fingerprint density at radius 1 is 0.689 bits per heavy atom. The van der Waals surface area contributed by atoms with Crippen molar-refractivity contribution in [1.82, 2.24) is 45.0 Å². The van der Waals surface area contributed by atoms with Gasteiger partial charge in [-0.3, -0.25) is 0 Å². The summed E-state index contributed by atoms with van der Waals surface area (Å²) in [4.78, 5) is 51.4. The van der Waals surface area contributed by atoms with Crippen LogP contribution in [0.1, 0.15) is 119 Å². The second-order valence-corrected chi connectivity index (χ2v) is 17.0. The van der Waals surface area contributed by atoms with Crippen LogP contribution in [-0.4, -0.2) is 126 Å².